The fraction of sp³-hybridized carbons (Fsp3) is 0.357. The van der Waals surface area contributed by atoms with Crippen LogP contribution < -0.4 is 9.47 Å². The number of rotatable bonds is 6. The molecule has 5 rings (SSSR count). The quantitative estimate of drug-likeness (QED) is 0.532. The Morgan fingerprint density at radius 3 is 2.21 bits per heavy atom. The number of ketones is 2. The molecule has 176 valence electrons. The lowest BCUT2D eigenvalue weighted by Crippen LogP contribution is -2.30. The molecule has 2 aromatic rings. The van der Waals surface area contributed by atoms with Gasteiger partial charge in [-0.3, -0.25) is 9.59 Å². The van der Waals surface area contributed by atoms with Crippen molar-refractivity contribution >= 4 is 11.6 Å². The van der Waals surface area contributed by atoms with Crippen LogP contribution in [0.5, 0.6) is 11.5 Å². The molecule has 0 atom stereocenters. The van der Waals surface area contributed by atoms with Gasteiger partial charge in [0.15, 0.2) is 23.1 Å². The maximum Gasteiger partial charge on any atom is 0.163 e. The maximum absolute atomic E-state index is 14.0. The summed E-state index contributed by atoms with van der Waals surface area (Å²) in [6.07, 6.45) is 3.83. The average Bonchev–Trinajstić information content (AvgIpc) is 2.83. The normalized spacial score (nSPS) is 18.4. The first-order chi connectivity index (χ1) is 16.6. The van der Waals surface area contributed by atoms with Crippen molar-refractivity contribution in [1.29, 1.82) is 0 Å². The Morgan fingerprint density at radius 2 is 1.56 bits per heavy atom. The van der Waals surface area contributed by atoms with E-state index in [9.17, 15) is 14.0 Å². The van der Waals surface area contributed by atoms with Crippen LogP contribution in [0.15, 0.2) is 65.1 Å². The van der Waals surface area contributed by atoms with Crippen molar-refractivity contribution < 1.29 is 28.2 Å². The molecule has 1 heterocycles. The summed E-state index contributed by atoms with van der Waals surface area (Å²) in [6.45, 7) is 2.34. The highest BCUT2D eigenvalue weighted by atomic mass is 19.1. The van der Waals surface area contributed by atoms with Crippen molar-refractivity contribution in [1.82, 2.24) is 0 Å². The number of halogens is 1. The van der Waals surface area contributed by atoms with Crippen LogP contribution in [-0.2, 0) is 20.9 Å². The Labute approximate surface area is 198 Å². The summed E-state index contributed by atoms with van der Waals surface area (Å²) in [5, 5.41) is 0. The number of allylic oxidation sites excluding steroid dienone is 4. The molecule has 5 nitrogen and oxygen atoms in total. The first-order valence-corrected chi connectivity index (χ1v) is 11.9. The second-order valence-electron chi connectivity index (χ2n) is 8.78. The van der Waals surface area contributed by atoms with Gasteiger partial charge in [0.1, 0.15) is 23.9 Å². The van der Waals surface area contributed by atoms with E-state index in [0.29, 0.717) is 72.0 Å². The van der Waals surface area contributed by atoms with Crippen molar-refractivity contribution in [3.63, 3.8) is 0 Å². The lowest BCUT2D eigenvalue weighted by Gasteiger charge is -2.36. The zero-order valence-electron chi connectivity index (χ0n) is 19.2. The van der Waals surface area contributed by atoms with E-state index in [4.69, 9.17) is 14.2 Å². The number of hydrogen-bond donors (Lipinski definition) is 0. The molecule has 0 N–H and O–H groups in total. The van der Waals surface area contributed by atoms with Gasteiger partial charge in [0.2, 0.25) is 0 Å². The molecule has 0 unspecified atom stereocenters. The van der Waals surface area contributed by atoms with E-state index in [-0.39, 0.29) is 24.0 Å². The van der Waals surface area contributed by atoms with E-state index >= 15 is 0 Å². The van der Waals surface area contributed by atoms with Crippen LogP contribution in [0.25, 0.3) is 0 Å². The summed E-state index contributed by atoms with van der Waals surface area (Å²) in [6, 6.07) is 12.0. The molecule has 0 bridgehead atoms. The molecule has 0 spiro atoms. The van der Waals surface area contributed by atoms with E-state index in [0.717, 1.165) is 18.4 Å². The molecular weight excluding hydrogens is 435 g/mol. The molecule has 0 fully saturated rings. The van der Waals surface area contributed by atoms with Crippen LogP contribution in [0.4, 0.5) is 4.39 Å². The first-order valence-electron chi connectivity index (χ1n) is 11.9. The maximum atomic E-state index is 14.0. The second kappa shape index (κ2) is 9.45. The molecule has 0 aromatic heterocycles. The molecule has 1 aliphatic heterocycles. The largest absolute Gasteiger partial charge is 0.490 e. The Morgan fingerprint density at radius 1 is 0.882 bits per heavy atom. The standard InChI is InChI=1S/C28H27FO5/c1-2-32-25-15-17(13-14-22(25)33-16-18-7-3-4-8-19(18)29)26-27-20(30)9-5-11-23(27)34-24-12-6-10-21(31)28(24)26/h3-4,7-8,13-15,26H,2,5-6,9-12,16H2,1H3. The molecule has 34 heavy (non-hydrogen) atoms. The second-order valence-corrected chi connectivity index (χ2v) is 8.78. The Hall–Kier alpha value is -3.41. The zero-order valence-corrected chi connectivity index (χ0v) is 19.2. The van der Waals surface area contributed by atoms with Crippen LogP contribution in [0.1, 0.15) is 62.5 Å². The minimum atomic E-state index is -0.459. The van der Waals surface area contributed by atoms with Gasteiger partial charge >= 0.3 is 0 Å². The third-order valence-electron chi connectivity index (χ3n) is 6.58. The Balaban J connectivity index is 1.53. The van der Waals surface area contributed by atoms with Crippen molar-refractivity contribution in [2.75, 3.05) is 6.61 Å². The Kier molecular flexibility index (Phi) is 6.22. The van der Waals surface area contributed by atoms with Gasteiger partial charge in [-0.15, -0.1) is 0 Å². The van der Waals surface area contributed by atoms with E-state index in [2.05, 4.69) is 0 Å². The van der Waals surface area contributed by atoms with Gasteiger partial charge in [-0.2, -0.15) is 0 Å². The number of carbonyl (C=O) groups is 2. The van der Waals surface area contributed by atoms with Gasteiger partial charge in [0, 0.05) is 48.3 Å². The summed E-state index contributed by atoms with van der Waals surface area (Å²) < 4.78 is 31.9. The van der Waals surface area contributed by atoms with E-state index < -0.39 is 5.92 Å². The predicted molar refractivity (Wildman–Crippen MR) is 124 cm³/mol. The number of Topliss-reactive ketones (excluding diaryl/α,β-unsaturated/α-hetero) is 2. The lowest BCUT2D eigenvalue weighted by molar-refractivity contribution is -0.117. The molecule has 3 aliphatic rings. The lowest BCUT2D eigenvalue weighted by atomic mass is 9.73. The van der Waals surface area contributed by atoms with Crippen LogP contribution in [0.3, 0.4) is 0 Å². The topological polar surface area (TPSA) is 61.8 Å². The highest BCUT2D eigenvalue weighted by Gasteiger charge is 2.42. The third-order valence-corrected chi connectivity index (χ3v) is 6.58. The van der Waals surface area contributed by atoms with Crippen molar-refractivity contribution in [3.05, 3.63) is 82.1 Å². The summed E-state index contributed by atoms with van der Waals surface area (Å²) in [7, 11) is 0. The van der Waals surface area contributed by atoms with Gasteiger partial charge in [0.25, 0.3) is 0 Å². The average molecular weight is 463 g/mol. The van der Waals surface area contributed by atoms with Crippen LogP contribution >= 0.6 is 0 Å². The molecule has 0 amide bonds. The Bertz CT molecular complexity index is 1170. The van der Waals surface area contributed by atoms with Gasteiger partial charge in [-0.05, 0) is 43.5 Å². The molecule has 0 saturated carbocycles. The van der Waals surface area contributed by atoms with Crippen molar-refractivity contribution in [3.8, 4) is 11.5 Å². The molecule has 0 radical (unpaired) electrons. The monoisotopic (exact) mass is 462 g/mol. The molecule has 2 aromatic carbocycles. The molecule has 6 heteroatoms. The SMILES string of the molecule is CCOc1cc(C2C3=C(CCCC3=O)OC3=C2C(=O)CCC3)ccc1OCc1ccccc1F. The van der Waals surface area contributed by atoms with Gasteiger partial charge in [-0.1, -0.05) is 24.3 Å². The van der Waals surface area contributed by atoms with Crippen molar-refractivity contribution in [2.45, 2.75) is 58.0 Å². The van der Waals surface area contributed by atoms with Crippen LogP contribution in [0, 0.1) is 5.82 Å². The summed E-state index contributed by atoms with van der Waals surface area (Å²) in [5.41, 5.74) is 2.45. The zero-order chi connectivity index (χ0) is 23.7. The molecular formula is C28H27FO5. The summed E-state index contributed by atoms with van der Waals surface area (Å²) >= 11 is 0. The van der Waals surface area contributed by atoms with E-state index in [1.165, 1.54) is 6.07 Å². The highest BCUT2D eigenvalue weighted by Crippen LogP contribution is 2.48. The highest BCUT2D eigenvalue weighted by molar-refractivity contribution is 6.05. The third kappa shape index (κ3) is 4.13. The van der Waals surface area contributed by atoms with Gasteiger partial charge < -0.3 is 14.2 Å². The van der Waals surface area contributed by atoms with Gasteiger partial charge in [0.05, 0.1) is 6.61 Å². The van der Waals surface area contributed by atoms with E-state index in [1.807, 2.05) is 19.1 Å². The van der Waals surface area contributed by atoms with Gasteiger partial charge in [-0.25, -0.2) is 4.39 Å². The number of carbonyl (C=O) groups excluding carboxylic acids is 2. The number of hydrogen-bond acceptors (Lipinski definition) is 5. The van der Waals surface area contributed by atoms with Crippen LogP contribution in [-0.4, -0.2) is 18.2 Å². The smallest absolute Gasteiger partial charge is 0.163 e. The number of benzene rings is 2. The predicted octanol–water partition coefficient (Wildman–Crippen LogP) is 5.93. The minimum Gasteiger partial charge on any atom is -0.490 e. The fourth-order valence-corrected chi connectivity index (χ4v) is 5.01. The summed E-state index contributed by atoms with van der Waals surface area (Å²) in [4.78, 5) is 26.0. The fourth-order valence-electron chi connectivity index (χ4n) is 5.01. The van der Waals surface area contributed by atoms with Crippen molar-refractivity contribution in [2.24, 2.45) is 0 Å². The summed E-state index contributed by atoms with van der Waals surface area (Å²) in [5.74, 6) is 1.67. The molecule has 2 aliphatic carbocycles. The minimum absolute atomic E-state index is 0.0361. The first kappa shape index (κ1) is 22.4. The van der Waals surface area contributed by atoms with Crippen LogP contribution in [0.2, 0.25) is 0 Å². The number of ether oxygens (including phenoxy) is 3. The molecule has 0 saturated heterocycles. The van der Waals surface area contributed by atoms with E-state index in [1.54, 1.807) is 24.3 Å².